The lowest BCUT2D eigenvalue weighted by molar-refractivity contribution is -0.121. The Labute approximate surface area is 151 Å². The highest BCUT2D eigenvalue weighted by Crippen LogP contribution is 2.20. The zero-order valence-electron chi connectivity index (χ0n) is 15.8. The van der Waals surface area contributed by atoms with Gasteiger partial charge in [-0.15, -0.1) is 0 Å². The standard InChI is InChI=1S/C18H34N4O3/c1-19-17(23)14-15-4-9-22(10-5-15)18(20-2)21-8-3-11-25-16-6-12-24-13-7-16/h15-16H,3-14H2,1-2H3,(H,19,23)(H,20,21). The van der Waals surface area contributed by atoms with Gasteiger partial charge in [0.1, 0.15) is 0 Å². The number of nitrogens with one attached hydrogen (secondary N) is 2. The predicted octanol–water partition coefficient (Wildman–Crippen LogP) is 0.996. The van der Waals surface area contributed by atoms with Crippen LogP contribution in [0.3, 0.4) is 0 Å². The molecule has 0 aromatic rings. The van der Waals surface area contributed by atoms with E-state index >= 15 is 0 Å². The highest BCUT2D eigenvalue weighted by Gasteiger charge is 2.23. The molecule has 0 aromatic carbocycles. The fourth-order valence-corrected chi connectivity index (χ4v) is 3.41. The van der Waals surface area contributed by atoms with Crippen molar-refractivity contribution in [2.75, 3.05) is 53.6 Å². The Morgan fingerprint density at radius 1 is 1.24 bits per heavy atom. The van der Waals surface area contributed by atoms with E-state index in [-0.39, 0.29) is 5.91 Å². The minimum absolute atomic E-state index is 0.144. The molecule has 0 saturated carbocycles. The van der Waals surface area contributed by atoms with Crippen LogP contribution < -0.4 is 10.6 Å². The van der Waals surface area contributed by atoms with Crippen LogP contribution in [0.15, 0.2) is 4.99 Å². The van der Waals surface area contributed by atoms with Gasteiger partial charge in [0.05, 0.1) is 6.10 Å². The van der Waals surface area contributed by atoms with Crippen molar-refractivity contribution < 1.29 is 14.3 Å². The second-order valence-corrected chi connectivity index (χ2v) is 6.82. The van der Waals surface area contributed by atoms with Gasteiger partial charge >= 0.3 is 0 Å². The third-order valence-electron chi connectivity index (χ3n) is 5.00. The molecule has 2 heterocycles. The number of likely N-dealkylation sites (tertiary alicyclic amines) is 1. The van der Waals surface area contributed by atoms with Crippen LogP contribution in [0.5, 0.6) is 0 Å². The summed E-state index contributed by atoms with van der Waals surface area (Å²) < 4.78 is 11.2. The largest absolute Gasteiger partial charge is 0.381 e. The Bertz CT molecular complexity index is 417. The van der Waals surface area contributed by atoms with E-state index in [1.165, 1.54) is 0 Å². The first kappa shape index (κ1) is 20.0. The number of nitrogens with zero attached hydrogens (tertiary/aromatic N) is 2. The molecule has 0 unspecified atom stereocenters. The number of amides is 1. The Kier molecular flexibility index (Phi) is 9.04. The maximum atomic E-state index is 11.5. The average molecular weight is 354 g/mol. The number of carbonyl (C=O) groups is 1. The molecule has 7 nitrogen and oxygen atoms in total. The molecule has 2 aliphatic heterocycles. The van der Waals surface area contributed by atoms with Crippen molar-refractivity contribution in [3.8, 4) is 0 Å². The van der Waals surface area contributed by atoms with E-state index < -0.39 is 0 Å². The number of aliphatic imine (C=N–C) groups is 1. The number of hydrogen-bond donors (Lipinski definition) is 2. The van der Waals surface area contributed by atoms with E-state index in [0.29, 0.717) is 18.4 Å². The zero-order chi connectivity index (χ0) is 17.9. The Morgan fingerprint density at radius 2 is 1.96 bits per heavy atom. The molecule has 2 fully saturated rings. The molecule has 0 atom stereocenters. The zero-order valence-corrected chi connectivity index (χ0v) is 15.8. The van der Waals surface area contributed by atoms with Crippen LogP contribution >= 0.6 is 0 Å². The molecule has 7 heteroatoms. The van der Waals surface area contributed by atoms with Crippen molar-refractivity contribution in [3.05, 3.63) is 0 Å². The van der Waals surface area contributed by atoms with Crippen LogP contribution in [-0.2, 0) is 14.3 Å². The first-order valence-electron chi connectivity index (χ1n) is 9.58. The first-order chi connectivity index (χ1) is 12.2. The normalized spacial score (nSPS) is 20.6. The molecule has 0 aliphatic carbocycles. The Hall–Kier alpha value is -1.34. The number of carbonyl (C=O) groups excluding carboxylic acids is 1. The Morgan fingerprint density at radius 3 is 2.60 bits per heavy atom. The minimum Gasteiger partial charge on any atom is -0.381 e. The van der Waals surface area contributed by atoms with E-state index in [1.807, 2.05) is 7.05 Å². The molecule has 0 spiro atoms. The smallest absolute Gasteiger partial charge is 0.220 e. The van der Waals surface area contributed by atoms with Crippen molar-refractivity contribution in [1.29, 1.82) is 0 Å². The molecule has 1 amide bonds. The lowest BCUT2D eigenvalue weighted by atomic mass is 9.93. The van der Waals surface area contributed by atoms with Crippen molar-refractivity contribution in [1.82, 2.24) is 15.5 Å². The summed E-state index contributed by atoms with van der Waals surface area (Å²) in [5, 5.41) is 6.15. The molecule has 144 valence electrons. The monoisotopic (exact) mass is 354 g/mol. The van der Waals surface area contributed by atoms with Crippen LogP contribution in [0, 0.1) is 5.92 Å². The topological polar surface area (TPSA) is 75.2 Å². The minimum atomic E-state index is 0.144. The summed E-state index contributed by atoms with van der Waals surface area (Å²) in [5.74, 6) is 1.59. The van der Waals surface area contributed by atoms with E-state index in [4.69, 9.17) is 9.47 Å². The molecule has 2 N–H and O–H groups in total. The van der Waals surface area contributed by atoms with Crippen molar-refractivity contribution >= 4 is 11.9 Å². The molecule has 0 bridgehead atoms. The van der Waals surface area contributed by atoms with Gasteiger partial charge in [-0.2, -0.15) is 0 Å². The van der Waals surface area contributed by atoms with Gasteiger partial charge in [-0.05, 0) is 38.0 Å². The second kappa shape index (κ2) is 11.3. The van der Waals surface area contributed by atoms with Crippen LogP contribution in [0.2, 0.25) is 0 Å². The number of rotatable bonds is 7. The fraction of sp³-hybridized carbons (Fsp3) is 0.889. The maximum Gasteiger partial charge on any atom is 0.220 e. The highest BCUT2D eigenvalue weighted by molar-refractivity contribution is 5.80. The molecular weight excluding hydrogens is 320 g/mol. The van der Waals surface area contributed by atoms with Gasteiger partial charge in [0, 0.05) is 60.0 Å². The van der Waals surface area contributed by atoms with Crippen molar-refractivity contribution in [3.63, 3.8) is 0 Å². The summed E-state index contributed by atoms with van der Waals surface area (Å²) in [5.41, 5.74) is 0. The van der Waals surface area contributed by atoms with Gasteiger partial charge in [-0.25, -0.2) is 0 Å². The first-order valence-corrected chi connectivity index (χ1v) is 9.58. The van der Waals surface area contributed by atoms with Crippen molar-refractivity contribution in [2.24, 2.45) is 10.9 Å². The molecule has 2 rings (SSSR count). The van der Waals surface area contributed by atoms with Gasteiger partial charge in [-0.1, -0.05) is 0 Å². The van der Waals surface area contributed by atoms with E-state index in [9.17, 15) is 4.79 Å². The number of hydrogen-bond acceptors (Lipinski definition) is 4. The SMILES string of the molecule is CN=C(NCCCOC1CCOCC1)N1CCC(CC(=O)NC)CC1. The highest BCUT2D eigenvalue weighted by atomic mass is 16.5. The summed E-state index contributed by atoms with van der Waals surface area (Å²) in [6.45, 7) is 5.22. The van der Waals surface area contributed by atoms with Crippen LogP contribution in [-0.4, -0.2) is 76.4 Å². The van der Waals surface area contributed by atoms with Gasteiger partial charge in [0.25, 0.3) is 0 Å². The second-order valence-electron chi connectivity index (χ2n) is 6.82. The third-order valence-corrected chi connectivity index (χ3v) is 5.00. The summed E-state index contributed by atoms with van der Waals surface area (Å²) >= 11 is 0. The molecule has 2 saturated heterocycles. The van der Waals surface area contributed by atoms with E-state index in [0.717, 1.165) is 77.5 Å². The average Bonchev–Trinajstić information content (AvgIpc) is 2.66. The predicted molar refractivity (Wildman–Crippen MR) is 98.8 cm³/mol. The van der Waals surface area contributed by atoms with Crippen LogP contribution in [0.4, 0.5) is 0 Å². The van der Waals surface area contributed by atoms with Crippen LogP contribution in [0.25, 0.3) is 0 Å². The van der Waals surface area contributed by atoms with Crippen LogP contribution in [0.1, 0.15) is 38.5 Å². The van der Waals surface area contributed by atoms with Gasteiger partial charge in [0.15, 0.2) is 5.96 Å². The van der Waals surface area contributed by atoms with Gasteiger partial charge < -0.3 is 25.0 Å². The number of ether oxygens (including phenoxy) is 2. The summed E-state index contributed by atoms with van der Waals surface area (Å²) in [6.07, 6.45) is 6.10. The molecule has 25 heavy (non-hydrogen) atoms. The van der Waals surface area contributed by atoms with Crippen molar-refractivity contribution in [2.45, 2.75) is 44.6 Å². The van der Waals surface area contributed by atoms with E-state index in [1.54, 1.807) is 7.05 Å². The van der Waals surface area contributed by atoms with E-state index in [2.05, 4.69) is 20.5 Å². The number of guanidine groups is 1. The molecule has 2 aliphatic rings. The third kappa shape index (κ3) is 7.20. The summed E-state index contributed by atoms with van der Waals surface area (Å²) in [7, 11) is 3.53. The van der Waals surface area contributed by atoms with Gasteiger partial charge in [-0.3, -0.25) is 9.79 Å². The summed E-state index contributed by atoms with van der Waals surface area (Å²) in [6, 6.07) is 0. The molecule has 0 aromatic heterocycles. The maximum absolute atomic E-state index is 11.5. The lowest BCUT2D eigenvalue weighted by Crippen LogP contribution is -2.46. The molecular formula is C18H34N4O3. The summed E-state index contributed by atoms with van der Waals surface area (Å²) in [4.78, 5) is 18.2. The quantitative estimate of drug-likeness (QED) is 0.405. The lowest BCUT2D eigenvalue weighted by Gasteiger charge is -2.34. The Balaban J connectivity index is 1.58. The molecule has 0 radical (unpaired) electrons. The van der Waals surface area contributed by atoms with Gasteiger partial charge in [0.2, 0.25) is 5.91 Å². The number of piperidine rings is 1. The fourth-order valence-electron chi connectivity index (χ4n) is 3.41.